The van der Waals surface area contributed by atoms with Gasteiger partial charge in [0.1, 0.15) is 5.82 Å². The second-order valence-corrected chi connectivity index (χ2v) is 3.39. The molecule has 0 saturated carbocycles. The molecule has 15 heavy (non-hydrogen) atoms. The fourth-order valence-corrected chi connectivity index (χ4v) is 1.48. The first-order valence-electron chi connectivity index (χ1n) is 4.72. The van der Waals surface area contributed by atoms with Crippen LogP contribution in [0.1, 0.15) is 11.3 Å². The van der Waals surface area contributed by atoms with Crippen molar-refractivity contribution in [3.63, 3.8) is 0 Å². The molecule has 0 amide bonds. The quantitative estimate of drug-likeness (QED) is 0.812. The number of halogens is 1. The normalized spacial score (nSPS) is 10.6. The first-order valence-corrected chi connectivity index (χ1v) is 4.72. The van der Waals surface area contributed by atoms with E-state index in [1.54, 1.807) is 10.7 Å². The van der Waals surface area contributed by atoms with Gasteiger partial charge in [0.2, 0.25) is 0 Å². The second-order valence-electron chi connectivity index (χ2n) is 3.39. The highest BCUT2D eigenvalue weighted by atomic mass is 19.1. The van der Waals surface area contributed by atoms with Crippen molar-refractivity contribution in [2.24, 2.45) is 5.73 Å². The summed E-state index contributed by atoms with van der Waals surface area (Å²) in [6, 6.07) is 6.46. The lowest BCUT2D eigenvalue weighted by atomic mass is 10.2. The van der Waals surface area contributed by atoms with Crippen LogP contribution in [0.5, 0.6) is 0 Å². The van der Waals surface area contributed by atoms with Crippen LogP contribution >= 0.6 is 0 Å². The minimum atomic E-state index is -0.234. The Morgan fingerprint density at radius 3 is 2.80 bits per heavy atom. The Morgan fingerprint density at radius 1 is 1.40 bits per heavy atom. The summed E-state index contributed by atoms with van der Waals surface area (Å²) < 4.78 is 14.6. The molecule has 0 radical (unpaired) electrons. The van der Waals surface area contributed by atoms with Crippen LogP contribution in [0.3, 0.4) is 0 Å². The van der Waals surface area contributed by atoms with E-state index in [9.17, 15) is 4.39 Å². The van der Waals surface area contributed by atoms with Crippen molar-refractivity contribution in [2.45, 2.75) is 13.5 Å². The molecule has 1 aromatic carbocycles. The lowest BCUT2D eigenvalue weighted by molar-refractivity contribution is 0.625. The number of nitrogens with zero attached hydrogens (tertiary/aromatic N) is 2. The van der Waals surface area contributed by atoms with Crippen molar-refractivity contribution < 1.29 is 4.39 Å². The zero-order chi connectivity index (χ0) is 10.8. The second kappa shape index (κ2) is 3.82. The highest BCUT2D eigenvalue weighted by molar-refractivity contribution is 5.39. The Hall–Kier alpha value is -1.68. The van der Waals surface area contributed by atoms with E-state index in [0.29, 0.717) is 6.54 Å². The number of rotatable bonds is 2. The average molecular weight is 205 g/mol. The summed E-state index contributed by atoms with van der Waals surface area (Å²) in [5, 5.41) is 4.26. The molecule has 0 atom stereocenters. The smallest absolute Gasteiger partial charge is 0.123 e. The van der Waals surface area contributed by atoms with Gasteiger partial charge in [0.05, 0.1) is 11.4 Å². The molecule has 0 fully saturated rings. The topological polar surface area (TPSA) is 43.8 Å². The molecule has 0 saturated heterocycles. The van der Waals surface area contributed by atoms with Gasteiger partial charge in [0.15, 0.2) is 0 Å². The summed E-state index contributed by atoms with van der Waals surface area (Å²) in [4.78, 5) is 0. The summed E-state index contributed by atoms with van der Waals surface area (Å²) in [5.41, 5.74) is 8.01. The largest absolute Gasteiger partial charge is 0.325 e. The van der Waals surface area contributed by atoms with Crippen molar-refractivity contribution in [1.82, 2.24) is 9.78 Å². The first kappa shape index (κ1) is 9.86. The molecular weight excluding hydrogens is 193 g/mol. The zero-order valence-electron chi connectivity index (χ0n) is 8.44. The summed E-state index contributed by atoms with van der Waals surface area (Å²) in [6.45, 7) is 2.26. The first-order chi connectivity index (χ1) is 7.20. The van der Waals surface area contributed by atoms with Crippen molar-refractivity contribution >= 4 is 0 Å². The fraction of sp³-hybridized carbons (Fsp3) is 0.182. The predicted octanol–water partition coefficient (Wildman–Crippen LogP) is 1.78. The number of hydrogen-bond acceptors (Lipinski definition) is 2. The maximum Gasteiger partial charge on any atom is 0.123 e. The van der Waals surface area contributed by atoms with Crippen LogP contribution < -0.4 is 5.73 Å². The molecule has 0 aliphatic rings. The molecule has 2 rings (SSSR count). The molecule has 0 aliphatic carbocycles. The van der Waals surface area contributed by atoms with E-state index in [0.717, 1.165) is 16.9 Å². The number of benzene rings is 1. The zero-order valence-corrected chi connectivity index (χ0v) is 8.44. The van der Waals surface area contributed by atoms with Gasteiger partial charge in [-0.1, -0.05) is 0 Å². The Bertz CT molecular complexity index is 476. The minimum absolute atomic E-state index is 0.234. The minimum Gasteiger partial charge on any atom is -0.325 e. The molecule has 1 heterocycles. The van der Waals surface area contributed by atoms with Crippen molar-refractivity contribution in [2.75, 3.05) is 0 Å². The molecule has 4 heteroatoms. The Labute approximate surface area is 87.3 Å². The predicted molar refractivity (Wildman–Crippen MR) is 56.2 cm³/mol. The highest BCUT2D eigenvalue weighted by Crippen LogP contribution is 2.14. The lowest BCUT2D eigenvalue weighted by Gasteiger charge is -2.05. The molecular formula is C11H12FN3. The Balaban J connectivity index is 2.44. The van der Waals surface area contributed by atoms with Crippen LogP contribution in [0.4, 0.5) is 4.39 Å². The number of hydrogen-bond donors (Lipinski definition) is 1. The lowest BCUT2D eigenvalue weighted by Crippen LogP contribution is -2.01. The molecule has 78 valence electrons. The van der Waals surface area contributed by atoms with Gasteiger partial charge in [-0.3, -0.25) is 0 Å². The van der Waals surface area contributed by atoms with E-state index in [1.807, 2.05) is 19.2 Å². The third-order valence-corrected chi connectivity index (χ3v) is 2.26. The third-order valence-electron chi connectivity index (χ3n) is 2.26. The van der Waals surface area contributed by atoms with E-state index in [-0.39, 0.29) is 5.82 Å². The molecule has 3 nitrogen and oxygen atoms in total. The molecule has 0 aliphatic heterocycles. The van der Waals surface area contributed by atoms with Gasteiger partial charge in [-0.2, -0.15) is 5.10 Å². The van der Waals surface area contributed by atoms with Crippen molar-refractivity contribution in [3.05, 3.63) is 47.5 Å². The monoisotopic (exact) mass is 205 g/mol. The van der Waals surface area contributed by atoms with Gasteiger partial charge >= 0.3 is 0 Å². The molecule has 0 unspecified atom stereocenters. The van der Waals surface area contributed by atoms with Gasteiger partial charge in [-0.15, -0.1) is 0 Å². The average Bonchev–Trinajstić information content (AvgIpc) is 2.66. The highest BCUT2D eigenvalue weighted by Gasteiger charge is 2.03. The van der Waals surface area contributed by atoms with E-state index in [4.69, 9.17) is 5.73 Å². The maximum atomic E-state index is 12.9. The van der Waals surface area contributed by atoms with Crippen molar-refractivity contribution in [1.29, 1.82) is 0 Å². The Kier molecular flexibility index (Phi) is 2.51. The van der Waals surface area contributed by atoms with Gasteiger partial charge in [-0.05, 0) is 36.8 Å². The van der Waals surface area contributed by atoms with Crippen LogP contribution in [0.2, 0.25) is 0 Å². The third kappa shape index (κ3) is 1.89. The van der Waals surface area contributed by atoms with E-state index < -0.39 is 0 Å². The molecule has 2 N–H and O–H groups in total. The van der Waals surface area contributed by atoms with Gasteiger partial charge < -0.3 is 5.73 Å². The van der Waals surface area contributed by atoms with E-state index >= 15 is 0 Å². The number of aromatic nitrogens is 2. The fourth-order valence-electron chi connectivity index (χ4n) is 1.48. The van der Waals surface area contributed by atoms with Crippen molar-refractivity contribution in [3.8, 4) is 5.69 Å². The number of aryl methyl sites for hydroxylation is 1. The molecule has 0 spiro atoms. The van der Waals surface area contributed by atoms with E-state index in [2.05, 4.69) is 5.10 Å². The van der Waals surface area contributed by atoms with Gasteiger partial charge in [0.25, 0.3) is 0 Å². The van der Waals surface area contributed by atoms with Gasteiger partial charge in [-0.25, -0.2) is 9.07 Å². The SMILES string of the molecule is Cc1cc(F)ccc1-n1ccc(CN)n1. The van der Waals surface area contributed by atoms with Crippen LogP contribution in [-0.4, -0.2) is 9.78 Å². The summed E-state index contributed by atoms with van der Waals surface area (Å²) in [5.74, 6) is -0.234. The maximum absolute atomic E-state index is 12.9. The van der Waals surface area contributed by atoms with Crippen LogP contribution in [0, 0.1) is 12.7 Å². The van der Waals surface area contributed by atoms with Crippen LogP contribution in [0.15, 0.2) is 30.5 Å². The molecule has 2 aromatic rings. The van der Waals surface area contributed by atoms with Gasteiger partial charge in [0, 0.05) is 12.7 Å². The Morgan fingerprint density at radius 2 is 2.20 bits per heavy atom. The van der Waals surface area contributed by atoms with Crippen LogP contribution in [-0.2, 0) is 6.54 Å². The molecule has 0 bridgehead atoms. The molecule has 1 aromatic heterocycles. The summed E-state index contributed by atoms with van der Waals surface area (Å²) in [6.07, 6.45) is 1.82. The van der Waals surface area contributed by atoms with E-state index in [1.165, 1.54) is 12.1 Å². The number of nitrogens with two attached hydrogens (primary N) is 1. The standard InChI is InChI=1S/C11H12FN3/c1-8-6-9(12)2-3-11(8)15-5-4-10(7-13)14-15/h2-6H,7,13H2,1H3. The van der Waals surface area contributed by atoms with Crippen LogP contribution in [0.25, 0.3) is 5.69 Å². The summed E-state index contributed by atoms with van der Waals surface area (Å²) >= 11 is 0. The summed E-state index contributed by atoms with van der Waals surface area (Å²) in [7, 11) is 0.